The molecule has 2 heterocycles. The Labute approximate surface area is 230 Å². The van der Waals surface area contributed by atoms with Crippen LogP contribution in [0.1, 0.15) is 52.4 Å². The van der Waals surface area contributed by atoms with E-state index < -0.39 is 29.2 Å². The Morgan fingerprint density at radius 3 is 2.36 bits per heavy atom. The summed E-state index contributed by atoms with van der Waals surface area (Å²) in [4.78, 5) is 40.9. The molecule has 1 aliphatic heterocycles. The van der Waals surface area contributed by atoms with Crippen LogP contribution in [0, 0.1) is 0 Å². The van der Waals surface area contributed by atoms with Gasteiger partial charge in [0.1, 0.15) is 21.7 Å². The second-order valence-electron chi connectivity index (χ2n) is 8.90. The molecule has 0 fully saturated rings. The molecule has 39 heavy (non-hydrogen) atoms. The Balaban J connectivity index is 2.09. The molecule has 204 valence electrons. The summed E-state index contributed by atoms with van der Waals surface area (Å²) in [5, 5.41) is -0.378. The van der Waals surface area contributed by atoms with Crippen LogP contribution in [-0.2, 0) is 14.3 Å². The van der Waals surface area contributed by atoms with Gasteiger partial charge in [0.25, 0.3) is 0 Å². The third-order valence-corrected chi connectivity index (χ3v) is 7.25. The highest BCUT2D eigenvalue weighted by Crippen LogP contribution is 2.40. The van der Waals surface area contributed by atoms with Gasteiger partial charge in [-0.2, -0.15) is 0 Å². The highest BCUT2D eigenvalue weighted by Gasteiger charge is 2.38. The summed E-state index contributed by atoms with van der Waals surface area (Å²) in [5.41, 5.74) is 7.71. The number of hydrogen-bond donors (Lipinski definition) is 1. The number of aromatic nitrogens is 1. The molecule has 10 heteroatoms. The summed E-state index contributed by atoms with van der Waals surface area (Å²) in [6, 6.07) is 14.2. The Bertz CT molecular complexity index is 1560. The summed E-state index contributed by atoms with van der Waals surface area (Å²) < 4.78 is 22.7. The number of benzene rings is 2. The average Bonchev–Trinajstić information content (AvgIpc) is 3.21. The minimum atomic E-state index is -0.882. The van der Waals surface area contributed by atoms with Gasteiger partial charge in [0.05, 0.1) is 38.0 Å². The summed E-state index contributed by atoms with van der Waals surface area (Å²) in [6.07, 6.45) is 1.28. The lowest BCUT2D eigenvalue weighted by Crippen LogP contribution is -2.43. The van der Waals surface area contributed by atoms with Gasteiger partial charge in [-0.1, -0.05) is 36.0 Å². The minimum absolute atomic E-state index is 0.0151. The maximum absolute atomic E-state index is 14.1. The Kier molecular flexibility index (Phi) is 8.35. The van der Waals surface area contributed by atoms with Gasteiger partial charge >= 0.3 is 11.9 Å². The Morgan fingerprint density at radius 2 is 1.72 bits per heavy atom. The SMILES string of the molecule is CCOC(=O)c1c(N)/c(=C\c2cccc(OC)c2)c2n1C(=O)C(c1cccc(OC)c1)SC=2C(=O)OC(C)C. The first-order valence-electron chi connectivity index (χ1n) is 12.3. The molecule has 0 saturated heterocycles. The summed E-state index contributed by atoms with van der Waals surface area (Å²) >= 11 is 1.05. The second-order valence-corrected chi connectivity index (χ2v) is 10.0. The number of esters is 2. The highest BCUT2D eigenvalue weighted by atomic mass is 32.2. The van der Waals surface area contributed by atoms with Crippen molar-refractivity contribution in [2.45, 2.75) is 32.1 Å². The van der Waals surface area contributed by atoms with Gasteiger partial charge in [-0.05, 0) is 62.2 Å². The van der Waals surface area contributed by atoms with Gasteiger partial charge in [0, 0.05) is 5.22 Å². The number of carbonyl (C=O) groups is 3. The zero-order chi connectivity index (χ0) is 28.3. The third-order valence-electron chi connectivity index (χ3n) is 5.94. The van der Waals surface area contributed by atoms with Gasteiger partial charge in [-0.15, -0.1) is 0 Å². The number of carbonyl (C=O) groups excluding carboxylic acids is 3. The molecule has 0 radical (unpaired) electrons. The fourth-order valence-corrected chi connectivity index (χ4v) is 5.45. The quantitative estimate of drug-likeness (QED) is 0.422. The standard InChI is InChI=1S/C29H30N2O7S/c1-6-37-28(33)24-22(30)21(14-17-9-7-11-19(13-17)35-4)23-26(29(34)38-16(2)3)39-25(27(32)31(23)24)18-10-8-12-20(15-18)36-5/h7-16,25H,6,30H2,1-5H3/b21-14+. The zero-order valence-corrected chi connectivity index (χ0v) is 23.2. The second kappa shape index (κ2) is 11.7. The Hall–Kier alpha value is -4.18. The number of methoxy groups -OCH3 is 2. The van der Waals surface area contributed by atoms with Crippen LogP contribution >= 0.6 is 11.8 Å². The normalized spacial score (nSPS) is 15.2. The van der Waals surface area contributed by atoms with Gasteiger partial charge in [0.2, 0.25) is 5.91 Å². The predicted molar refractivity (Wildman–Crippen MR) is 149 cm³/mol. The molecule has 4 rings (SSSR count). The number of hydrogen-bond acceptors (Lipinski definition) is 9. The molecule has 0 spiro atoms. The van der Waals surface area contributed by atoms with Crippen LogP contribution in [-0.4, -0.2) is 49.3 Å². The lowest BCUT2D eigenvalue weighted by molar-refractivity contribution is -0.139. The molecule has 1 atom stereocenters. The van der Waals surface area contributed by atoms with Gasteiger partial charge in [-0.25, -0.2) is 9.59 Å². The molecule has 3 aromatic rings. The fourth-order valence-electron chi connectivity index (χ4n) is 4.27. The number of rotatable bonds is 8. The van der Waals surface area contributed by atoms with Crippen molar-refractivity contribution in [3.05, 3.63) is 75.9 Å². The van der Waals surface area contributed by atoms with E-state index in [2.05, 4.69) is 0 Å². The van der Waals surface area contributed by atoms with Crippen molar-refractivity contribution in [3.8, 4) is 11.5 Å². The van der Waals surface area contributed by atoms with Crippen molar-refractivity contribution in [3.63, 3.8) is 0 Å². The van der Waals surface area contributed by atoms with Crippen molar-refractivity contribution < 1.29 is 33.3 Å². The lowest BCUT2D eigenvalue weighted by Gasteiger charge is -2.24. The maximum atomic E-state index is 14.1. The van der Waals surface area contributed by atoms with E-state index in [0.717, 1.165) is 11.8 Å². The number of thioether (sulfide) groups is 1. The number of anilines is 1. The van der Waals surface area contributed by atoms with E-state index in [9.17, 15) is 14.4 Å². The molecule has 2 N–H and O–H groups in total. The first-order valence-corrected chi connectivity index (χ1v) is 13.2. The Morgan fingerprint density at radius 1 is 1.05 bits per heavy atom. The predicted octanol–water partition coefficient (Wildman–Crippen LogP) is 3.28. The van der Waals surface area contributed by atoms with Crippen molar-refractivity contribution in [2.24, 2.45) is 0 Å². The van der Waals surface area contributed by atoms with E-state index in [-0.39, 0.29) is 28.2 Å². The van der Waals surface area contributed by atoms with E-state index in [1.807, 2.05) is 6.07 Å². The molecular formula is C29H30N2O7S. The molecule has 0 bridgehead atoms. The summed E-state index contributed by atoms with van der Waals surface area (Å²) in [6.45, 7) is 5.20. The first kappa shape index (κ1) is 27.8. The van der Waals surface area contributed by atoms with Crippen LogP contribution < -0.4 is 25.8 Å². The van der Waals surface area contributed by atoms with Crippen molar-refractivity contribution in [1.29, 1.82) is 0 Å². The monoisotopic (exact) mass is 550 g/mol. The highest BCUT2D eigenvalue weighted by molar-refractivity contribution is 8.10. The van der Waals surface area contributed by atoms with E-state index in [1.165, 1.54) is 11.7 Å². The number of ether oxygens (including phenoxy) is 4. The molecule has 1 unspecified atom stereocenters. The molecule has 2 aromatic carbocycles. The maximum Gasteiger partial charge on any atom is 0.357 e. The van der Waals surface area contributed by atoms with Gasteiger partial charge in [0.15, 0.2) is 5.69 Å². The fraction of sp³-hybridized carbons (Fsp3) is 0.276. The van der Waals surface area contributed by atoms with E-state index in [1.54, 1.807) is 76.4 Å². The zero-order valence-electron chi connectivity index (χ0n) is 22.3. The average molecular weight is 551 g/mol. The molecule has 1 aliphatic rings. The smallest absolute Gasteiger partial charge is 0.357 e. The molecule has 0 amide bonds. The van der Waals surface area contributed by atoms with Crippen LogP contribution in [0.4, 0.5) is 5.69 Å². The van der Waals surface area contributed by atoms with E-state index in [4.69, 9.17) is 24.7 Å². The summed E-state index contributed by atoms with van der Waals surface area (Å²) in [7, 11) is 3.07. The number of nitrogens with two attached hydrogens (primary N) is 1. The van der Waals surface area contributed by atoms with E-state index >= 15 is 0 Å². The molecule has 0 aliphatic carbocycles. The lowest BCUT2D eigenvalue weighted by atomic mass is 10.1. The summed E-state index contributed by atoms with van der Waals surface area (Å²) in [5.74, 6) is -0.715. The van der Waals surface area contributed by atoms with E-state index in [0.29, 0.717) is 27.8 Å². The number of fused-ring (bicyclic) bond motifs is 1. The largest absolute Gasteiger partial charge is 0.497 e. The molecular weight excluding hydrogens is 520 g/mol. The van der Waals surface area contributed by atoms with Crippen LogP contribution in [0.25, 0.3) is 11.0 Å². The molecule has 9 nitrogen and oxygen atoms in total. The van der Waals surface area contributed by atoms with Crippen LogP contribution in [0.3, 0.4) is 0 Å². The third kappa shape index (κ3) is 5.51. The van der Waals surface area contributed by atoms with Crippen molar-refractivity contribution in [1.82, 2.24) is 4.57 Å². The van der Waals surface area contributed by atoms with Crippen LogP contribution in [0.2, 0.25) is 0 Å². The molecule has 0 saturated carbocycles. The minimum Gasteiger partial charge on any atom is -0.497 e. The number of nitrogen functional groups attached to an aromatic ring is 1. The first-order chi connectivity index (χ1) is 18.7. The van der Waals surface area contributed by atoms with Crippen LogP contribution in [0.5, 0.6) is 11.5 Å². The van der Waals surface area contributed by atoms with Crippen molar-refractivity contribution in [2.75, 3.05) is 26.6 Å². The van der Waals surface area contributed by atoms with Gasteiger partial charge < -0.3 is 24.7 Å². The van der Waals surface area contributed by atoms with Crippen LogP contribution in [0.15, 0.2) is 48.5 Å². The molecule has 1 aromatic heterocycles. The number of nitrogens with zero attached hydrogens (tertiary/aromatic N) is 1. The topological polar surface area (TPSA) is 119 Å². The van der Waals surface area contributed by atoms with Crippen molar-refractivity contribution >= 4 is 46.3 Å². The van der Waals surface area contributed by atoms with Gasteiger partial charge in [-0.3, -0.25) is 9.36 Å².